The first-order valence-electron chi connectivity index (χ1n) is 7.62. The fourth-order valence-corrected chi connectivity index (χ4v) is 2.33. The number of nitrogens with one attached hydrogen (secondary N) is 1. The summed E-state index contributed by atoms with van der Waals surface area (Å²) in [5.41, 5.74) is 1.05. The molecule has 120 valence electrons. The topological polar surface area (TPSA) is 84.2 Å². The minimum absolute atomic E-state index is 0.0615. The Morgan fingerprint density at radius 2 is 2.04 bits per heavy atom. The Labute approximate surface area is 134 Å². The Hall–Kier alpha value is -2.70. The van der Waals surface area contributed by atoms with Crippen LogP contribution in [0.25, 0.3) is 0 Å². The largest absolute Gasteiger partial charge is 0.361 e. The Bertz CT molecular complexity index is 703. The molecule has 3 rings (SSSR count). The second-order valence-corrected chi connectivity index (χ2v) is 5.78. The zero-order valence-corrected chi connectivity index (χ0v) is 13.1. The van der Waals surface area contributed by atoms with Crippen molar-refractivity contribution in [1.82, 2.24) is 9.97 Å². The molecule has 0 saturated heterocycles. The molecule has 0 radical (unpaired) electrons. The average Bonchev–Trinajstić information content (AvgIpc) is 3.38. The van der Waals surface area contributed by atoms with Crippen molar-refractivity contribution in [2.75, 3.05) is 17.3 Å². The van der Waals surface area contributed by atoms with Crippen LogP contribution in [0.3, 0.4) is 0 Å². The molecule has 1 aromatic carbocycles. The van der Waals surface area contributed by atoms with Crippen LogP contribution in [-0.4, -0.2) is 28.0 Å². The second kappa shape index (κ2) is 6.20. The highest BCUT2D eigenvalue weighted by Gasteiger charge is 2.27. The van der Waals surface area contributed by atoms with Gasteiger partial charge in [0.1, 0.15) is 6.20 Å². The molecule has 1 N–H and O–H groups in total. The highest BCUT2D eigenvalue weighted by Crippen LogP contribution is 2.31. The van der Waals surface area contributed by atoms with E-state index in [1.165, 1.54) is 6.20 Å². The standard InChI is InChI=1S/C16H19N5O2/c1-11(12-6-4-3-5-7-12)20(2)16-17-10-14(21(22)23)15(19-16)18-13-8-9-13/h3-7,10-11,13H,8-9H2,1-2H3,(H,17,18,19). The molecule has 1 aliphatic rings. The van der Waals surface area contributed by atoms with E-state index in [0.29, 0.717) is 11.8 Å². The monoisotopic (exact) mass is 313 g/mol. The van der Waals surface area contributed by atoms with Gasteiger partial charge in [-0.1, -0.05) is 30.3 Å². The lowest BCUT2D eigenvalue weighted by molar-refractivity contribution is -0.384. The van der Waals surface area contributed by atoms with E-state index in [1.54, 1.807) is 0 Å². The van der Waals surface area contributed by atoms with E-state index < -0.39 is 4.92 Å². The Kier molecular flexibility index (Phi) is 4.10. The Morgan fingerprint density at radius 3 is 2.65 bits per heavy atom. The highest BCUT2D eigenvalue weighted by atomic mass is 16.6. The first-order valence-corrected chi connectivity index (χ1v) is 7.62. The van der Waals surface area contributed by atoms with Crippen molar-refractivity contribution in [3.05, 3.63) is 52.2 Å². The van der Waals surface area contributed by atoms with Crippen molar-refractivity contribution < 1.29 is 4.92 Å². The number of hydrogen-bond acceptors (Lipinski definition) is 6. The summed E-state index contributed by atoms with van der Waals surface area (Å²) < 4.78 is 0. The van der Waals surface area contributed by atoms with Gasteiger partial charge < -0.3 is 10.2 Å². The number of rotatable bonds is 6. The smallest absolute Gasteiger partial charge is 0.329 e. The van der Waals surface area contributed by atoms with Crippen LogP contribution >= 0.6 is 0 Å². The first-order chi connectivity index (χ1) is 11.1. The quantitative estimate of drug-likeness (QED) is 0.651. The summed E-state index contributed by atoms with van der Waals surface area (Å²) in [4.78, 5) is 21.1. The maximum Gasteiger partial charge on any atom is 0.329 e. The van der Waals surface area contributed by atoms with Crippen LogP contribution in [0.15, 0.2) is 36.5 Å². The van der Waals surface area contributed by atoms with E-state index in [0.717, 1.165) is 18.4 Å². The third-order valence-electron chi connectivity index (χ3n) is 4.05. The number of hydrogen-bond donors (Lipinski definition) is 1. The summed E-state index contributed by atoms with van der Waals surface area (Å²) in [7, 11) is 1.89. The van der Waals surface area contributed by atoms with E-state index in [1.807, 2.05) is 49.2 Å². The number of benzene rings is 1. The van der Waals surface area contributed by atoms with Gasteiger partial charge in [0.2, 0.25) is 11.8 Å². The minimum atomic E-state index is -0.449. The third-order valence-corrected chi connectivity index (χ3v) is 4.05. The molecule has 0 bridgehead atoms. The van der Waals surface area contributed by atoms with E-state index in [4.69, 9.17) is 0 Å². The first kappa shape index (κ1) is 15.2. The molecule has 2 aromatic rings. The molecule has 1 aromatic heterocycles. The summed E-state index contributed by atoms with van der Waals surface area (Å²) in [5, 5.41) is 14.3. The number of anilines is 2. The third kappa shape index (κ3) is 3.39. The molecular weight excluding hydrogens is 294 g/mol. The van der Waals surface area contributed by atoms with Crippen LogP contribution in [-0.2, 0) is 0 Å². The van der Waals surface area contributed by atoms with E-state index in [2.05, 4.69) is 15.3 Å². The van der Waals surface area contributed by atoms with Gasteiger partial charge in [-0.2, -0.15) is 4.98 Å². The maximum absolute atomic E-state index is 11.1. The van der Waals surface area contributed by atoms with Gasteiger partial charge in [-0.3, -0.25) is 10.1 Å². The second-order valence-electron chi connectivity index (χ2n) is 5.78. The van der Waals surface area contributed by atoms with Crippen molar-refractivity contribution in [1.29, 1.82) is 0 Å². The molecule has 1 heterocycles. The lowest BCUT2D eigenvalue weighted by Crippen LogP contribution is -2.24. The van der Waals surface area contributed by atoms with Gasteiger partial charge in [0, 0.05) is 13.1 Å². The predicted molar refractivity (Wildman–Crippen MR) is 88.6 cm³/mol. The minimum Gasteiger partial charge on any atom is -0.361 e. The molecule has 1 aliphatic carbocycles. The fourth-order valence-electron chi connectivity index (χ4n) is 2.33. The molecule has 1 atom stereocenters. The van der Waals surface area contributed by atoms with Crippen molar-refractivity contribution in [2.24, 2.45) is 0 Å². The SMILES string of the molecule is CC(c1ccccc1)N(C)c1ncc([N+](=O)[O-])c(NC2CC2)n1. The van der Waals surface area contributed by atoms with E-state index in [-0.39, 0.29) is 17.8 Å². The molecule has 1 saturated carbocycles. The number of nitrogens with zero attached hydrogens (tertiary/aromatic N) is 4. The van der Waals surface area contributed by atoms with Crippen LogP contribution in [0.4, 0.5) is 17.5 Å². The van der Waals surface area contributed by atoms with Gasteiger partial charge in [0.15, 0.2) is 0 Å². The molecule has 7 heteroatoms. The van der Waals surface area contributed by atoms with Crippen LogP contribution in [0.2, 0.25) is 0 Å². The summed E-state index contributed by atoms with van der Waals surface area (Å²) >= 11 is 0. The summed E-state index contributed by atoms with van der Waals surface area (Å²) in [5.74, 6) is 0.768. The lowest BCUT2D eigenvalue weighted by atomic mass is 10.1. The van der Waals surface area contributed by atoms with E-state index in [9.17, 15) is 10.1 Å². The Morgan fingerprint density at radius 1 is 1.35 bits per heavy atom. The summed E-state index contributed by atoms with van der Waals surface area (Å²) in [6.07, 6.45) is 3.32. The van der Waals surface area contributed by atoms with E-state index >= 15 is 0 Å². The van der Waals surface area contributed by atoms with Gasteiger partial charge in [-0.15, -0.1) is 0 Å². The highest BCUT2D eigenvalue weighted by molar-refractivity contribution is 5.58. The summed E-state index contributed by atoms with van der Waals surface area (Å²) in [6, 6.07) is 10.4. The molecular formula is C16H19N5O2. The molecule has 1 fully saturated rings. The van der Waals surface area contributed by atoms with Crippen molar-refractivity contribution in [3.8, 4) is 0 Å². The molecule has 1 unspecified atom stereocenters. The zero-order valence-electron chi connectivity index (χ0n) is 13.1. The summed E-state index contributed by atoms with van der Waals surface area (Å²) in [6.45, 7) is 2.05. The van der Waals surface area contributed by atoms with Crippen LogP contribution in [0, 0.1) is 10.1 Å². The molecule has 0 aliphatic heterocycles. The van der Waals surface area contributed by atoms with Gasteiger partial charge in [-0.05, 0) is 25.3 Å². The lowest BCUT2D eigenvalue weighted by Gasteiger charge is -2.25. The van der Waals surface area contributed by atoms with Crippen LogP contribution in [0.5, 0.6) is 0 Å². The van der Waals surface area contributed by atoms with Gasteiger partial charge in [0.25, 0.3) is 0 Å². The van der Waals surface area contributed by atoms with Crippen molar-refractivity contribution in [2.45, 2.75) is 31.8 Å². The maximum atomic E-state index is 11.1. The van der Waals surface area contributed by atoms with Crippen molar-refractivity contribution >= 4 is 17.5 Å². The zero-order chi connectivity index (χ0) is 16.4. The van der Waals surface area contributed by atoms with Gasteiger partial charge in [0.05, 0.1) is 11.0 Å². The predicted octanol–water partition coefficient (Wildman–Crippen LogP) is 3.16. The average molecular weight is 313 g/mol. The molecule has 0 spiro atoms. The molecule has 23 heavy (non-hydrogen) atoms. The number of nitro groups is 1. The van der Waals surface area contributed by atoms with Crippen LogP contribution < -0.4 is 10.2 Å². The fraction of sp³-hybridized carbons (Fsp3) is 0.375. The van der Waals surface area contributed by atoms with Crippen molar-refractivity contribution in [3.63, 3.8) is 0 Å². The molecule has 7 nitrogen and oxygen atoms in total. The normalized spacial score (nSPS) is 15.0. The Balaban J connectivity index is 1.88. The van der Waals surface area contributed by atoms with Crippen LogP contribution in [0.1, 0.15) is 31.4 Å². The van der Waals surface area contributed by atoms with Gasteiger partial charge in [-0.25, -0.2) is 4.98 Å². The van der Waals surface area contributed by atoms with Gasteiger partial charge >= 0.3 is 5.69 Å². The number of aromatic nitrogens is 2. The molecule has 0 amide bonds.